The minimum Gasteiger partial charge on any atom is -0.462 e. The molecule has 47 heavy (non-hydrogen) atoms. The smallest absolute Gasteiger partial charge is 0.306 e. The van der Waals surface area contributed by atoms with Crippen LogP contribution in [0.2, 0.25) is 0 Å². The molecule has 0 aromatic carbocycles. The largest absolute Gasteiger partial charge is 0.462 e. The van der Waals surface area contributed by atoms with Gasteiger partial charge in [-0.15, -0.1) is 0 Å². The molecule has 0 amide bonds. The minimum absolute atomic E-state index is 0.0541. The number of carbonyl (C=O) groups excluding carboxylic acids is 1. The topological polar surface area (TPSA) is 26.3 Å². The Balaban J connectivity index is 1.12. The van der Waals surface area contributed by atoms with E-state index in [9.17, 15) is 4.79 Å². The molecule has 0 N–H and O–H groups in total. The molecular formula is C45H78O2. The first-order valence-corrected chi connectivity index (χ1v) is 21.2. The molecule has 3 saturated carbocycles. The molecule has 0 radical (unpaired) electrons. The van der Waals surface area contributed by atoms with E-state index >= 15 is 0 Å². The van der Waals surface area contributed by atoms with Gasteiger partial charge in [0.25, 0.3) is 0 Å². The van der Waals surface area contributed by atoms with Gasteiger partial charge < -0.3 is 4.74 Å². The summed E-state index contributed by atoms with van der Waals surface area (Å²) >= 11 is 0. The highest BCUT2D eigenvalue weighted by Gasteiger charge is 2.59. The Morgan fingerprint density at radius 3 is 2.19 bits per heavy atom. The number of allylic oxidation sites excluding steroid dienone is 3. The van der Waals surface area contributed by atoms with E-state index in [0.29, 0.717) is 17.3 Å². The van der Waals surface area contributed by atoms with Crippen molar-refractivity contribution in [1.82, 2.24) is 0 Å². The first-order chi connectivity index (χ1) is 22.7. The maximum absolute atomic E-state index is 12.8. The molecule has 0 unspecified atom stereocenters. The van der Waals surface area contributed by atoms with Gasteiger partial charge in [-0.3, -0.25) is 4.79 Å². The highest BCUT2D eigenvalue weighted by atomic mass is 16.5. The maximum Gasteiger partial charge on any atom is 0.306 e. The zero-order valence-electron chi connectivity index (χ0n) is 32.3. The Morgan fingerprint density at radius 1 is 0.809 bits per heavy atom. The number of ether oxygens (including phenoxy) is 1. The van der Waals surface area contributed by atoms with E-state index in [1.807, 2.05) is 0 Å². The first-order valence-electron chi connectivity index (χ1n) is 21.2. The van der Waals surface area contributed by atoms with Crippen LogP contribution in [0.3, 0.4) is 0 Å². The Labute approximate surface area is 293 Å². The monoisotopic (exact) mass is 651 g/mol. The Kier molecular flexibility index (Phi) is 16.0. The molecule has 2 nitrogen and oxygen atoms in total. The fourth-order valence-electron chi connectivity index (χ4n) is 11.3. The van der Waals surface area contributed by atoms with Gasteiger partial charge >= 0.3 is 5.97 Å². The second kappa shape index (κ2) is 19.4. The van der Waals surface area contributed by atoms with Crippen LogP contribution in [0.5, 0.6) is 0 Å². The lowest BCUT2D eigenvalue weighted by molar-refractivity contribution is -0.151. The van der Waals surface area contributed by atoms with Gasteiger partial charge in [0.15, 0.2) is 0 Å². The van der Waals surface area contributed by atoms with Crippen LogP contribution >= 0.6 is 0 Å². The van der Waals surface area contributed by atoms with Crippen molar-refractivity contribution in [1.29, 1.82) is 0 Å². The van der Waals surface area contributed by atoms with E-state index in [0.717, 1.165) is 61.2 Å². The normalized spacial score (nSPS) is 32.6. The Morgan fingerprint density at radius 2 is 1.49 bits per heavy atom. The summed E-state index contributed by atoms with van der Waals surface area (Å²) < 4.78 is 6.12. The lowest BCUT2D eigenvalue weighted by Gasteiger charge is -2.58. The maximum atomic E-state index is 12.8. The van der Waals surface area contributed by atoms with Crippen molar-refractivity contribution >= 4 is 5.97 Å². The van der Waals surface area contributed by atoms with E-state index in [-0.39, 0.29) is 12.1 Å². The summed E-state index contributed by atoms with van der Waals surface area (Å²) in [5, 5.41) is 0. The molecule has 0 bridgehead atoms. The van der Waals surface area contributed by atoms with Crippen molar-refractivity contribution < 1.29 is 9.53 Å². The van der Waals surface area contributed by atoms with Crippen molar-refractivity contribution in [3.05, 3.63) is 23.8 Å². The summed E-state index contributed by atoms with van der Waals surface area (Å²) in [4.78, 5) is 12.8. The van der Waals surface area contributed by atoms with Crippen LogP contribution in [0.4, 0.5) is 0 Å². The molecular weight excluding hydrogens is 572 g/mol. The molecule has 0 spiro atoms. The number of hydrogen-bond acceptors (Lipinski definition) is 2. The summed E-state index contributed by atoms with van der Waals surface area (Å²) in [5.41, 5.74) is 2.53. The molecule has 0 aliphatic heterocycles. The minimum atomic E-state index is 0.0541. The van der Waals surface area contributed by atoms with E-state index in [2.05, 4.69) is 59.8 Å². The summed E-state index contributed by atoms with van der Waals surface area (Å²) in [6.45, 7) is 14.9. The van der Waals surface area contributed by atoms with Crippen molar-refractivity contribution in [2.45, 2.75) is 208 Å². The third kappa shape index (κ3) is 10.7. The molecule has 8 atom stereocenters. The molecule has 4 rings (SSSR count). The summed E-state index contributed by atoms with van der Waals surface area (Å²) in [7, 11) is 0. The molecule has 4 aliphatic carbocycles. The van der Waals surface area contributed by atoms with Crippen LogP contribution in [0.25, 0.3) is 0 Å². The second-order valence-electron chi connectivity index (χ2n) is 18.0. The lowest BCUT2D eigenvalue weighted by Crippen LogP contribution is -2.51. The average Bonchev–Trinajstić information content (AvgIpc) is 3.40. The van der Waals surface area contributed by atoms with Gasteiger partial charge in [0, 0.05) is 12.8 Å². The predicted octanol–water partition coefficient (Wildman–Crippen LogP) is 14.0. The molecule has 3 fully saturated rings. The molecule has 0 heterocycles. The second-order valence-corrected chi connectivity index (χ2v) is 18.0. The predicted molar refractivity (Wildman–Crippen MR) is 202 cm³/mol. The summed E-state index contributed by atoms with van der Waals surface area (Å²) in [6, 6.07) is 0. The van der Waals surface area contributed by atoms with E-state index in [1.54, 1.807) is 5.57 Å². The van der Waals surface area contributed by atoms with Crippen molar-refractivity contribution in [3.8, 4) is 0 Å². The van der Waals surface area contributed by atoms with Crippen LogP contribution in [0, 0.1) is 46.3 Å². The first kappa shape index (κ1) is 38.7. The molecule has 0 aromatic heterocycles. The highest BCUT2D eigenvalue weighted by molar-refractivity contribution is 5.69. The van der Waals surface area contributed by atoms with Gasteiger partial charge in [-0.1, -0.05) is 136 Å². The van der Waals surface area contributed by atoms with E-state index < -0.39 is 0 Å². The third-order valence-electron chi connectivity index (χ3n) is 14.2. The van der Waals surface area contributed by atoms with Crippen molar-refractivity contribution in [3.63, 3.8) is 0 Å². The van der Waals surface area contributed by atoms with Gasteiger partial charge in [0.05, 0.1) is 0 Å². The average molecular weight is 651 g/mol. The number of carbonyl (C=O) groups is 1. The third-order valence-corrected chi connectivity index (χ3v) is 14.2. The van der Waals surface area contributed by atoms with Crippen molar-refractivity contribution in [2.24, 2.45) is 46.3 Å². The van der Waals surface area contributed by atoms with Gasteiger partial charge in [-0.05, 0) is 123 Å². The van der Waals surface area contributed by atoms with Crippen LogP contribution in [0.15, 0.2) is 23.8 Å². The molecule has 4 aliphatic rings. The Hall–Kier alpha value is -1.05. The van der Waals surface area contributed by atoms with E-state index in [4.69, 9.17) is 4.74 Å². The molecule has 270 valence electrons. The number of esters is 1. The fourth-order valence-corrected chi connectivity index (χ4v) is 11.3. The van der Waals surface area contributed by atoms with Crippen LogP contribution < -0.4 is 0 Å². The van der Waals surface area contributed by atoms with E-state index in [1.165, 1.54) is 128 Å². The van der Waals surface area contributed by atoms with Gasteiger partial charge in [0.1, 0.15) is 6.10 Å². The number of rotatable bonds is 21. The Bertz CT molecular complexity index is 976. The molecule has 2 heteroatoms. The standard InChI is InChI=1S/C45H78O2/c1-7-8-9-10-11-12-13-14-15-16-17-18-19-20-21-25-43(46)47-38-30-32-44(5)37(34-38)26-27-39-41-29-28-40(36(4)24-22-23-35(2)3)45(41,6)33-31-42(39)44/h14-15,26,35-36,38-42H,7-13,16-25,27-34H2,1-6H3/b15-14-/t36-,38+,39+,40-,41+,42+,44+,45-/m0/s1. The van der Waals surface area contributed by atoms with Crippen LogP contribution in [-0.4, -0.2) is 12.1 Å². The SMILES string of the molecule is CCCCCCCC/C=C\CCCCCCCC(=O)O[C@@H]1CC[C@]2(C)C(=CC[C@@H]3[C@H]4CC[C@@H]([C@@H](C)CCCC(C)C)[C@]4(C)CC[C@H]32)C1. The van der Waals surface area contributed by atoms with Gasteiger partial charge in [-0.25, -0.2) is 0 Å². The van der Waals surface area contributed by atoms with Crippen molar-refractivity contribution in [2.75, 3.05) is 0 Å². The fraction of sp³-hybridized carbons (Fsp3) is 0.889. The quantitative estimate of drug-likeness (QED) is 0.0702. The molecule has 0 saturated heterocycles. The zero-order chi connectivity index (χ0) is 33.7. The van der Waals surface area contributed by atoms with Gasteiger partial charge in [0.2, 0.25) is 0 Å². The number of hydrogen-bond donors (Lipinski definition) is 0. The number of unbranched alkanes of at least 4 members (excludes halogenated alkanes) is 11. The van der Waals surface area contributed by atoms with Crippen LogP contribution in [-0.2, 0) is 9.53 Å². The summed E-state index contributed by atoms with van der Waals surface area (Å²) in [5.74, 6) is 5.31. The van der Waals surface area contributed by atoms with Gasteiger partial charge in [-0.2, -0.15) is 0 Å². The zero-order valence-corrected chi connectivity index (χ0v) is 32.3. The van der Waals surface area contributed by atoms with Crippen LogP contribution in [0.1, 0.15) is 202 Å². The number of fused-ring (bicyclic) bond motifs is 5. The highest BCUT2D eigenvalue weighted by Crippen LogP contribution is 2.67. The summed E-state index contributed by atoms with van der Waals surface area (Å²) in [6.07, 6.45) is 39.5. The molecule has 0 aromatic rings. The lowest BCUT2D eigenvalue weighted by atomic mass is 9.47.